The summed E-state index contributed by atoms with van der Waals surface area (Å²) in [7, 11) is -3.31. The van der Waals surface area contributed by atoms with Gasteiger partial charge in [0.2, 0.25) is 10.0 Å². The zero-order valence-corrected chi connectivity index (χ0v) is 9.32. The molecule has 0 aliphatic heterocycles. The molecule has 0 unspecified atom stereocenters. The maximum absolute atomic E-state index is 11.3. The van der Waals surface area contributed by atoms with Gasteiger partial charge in [-0.3, -0.25) is 0 Å². The molecule has 2 N–H and O–H groups in total. The van der Waals surface area contributed by atoms with Crippen molar-refractivity contribution in [3.05, 3.63) is 0 Å². The summed E-state index contributed by atoms with van der Waals surface area (Å²) in [6, 6.07) is 0. The first-order valence-electron chi connectivity index (χ1n) is 4.51. The Kier molecular flexibility index (Phi) is 4.88. The molecule has 0 aromatic carbocycles. The Labute approximate surface area is 80.4 Å². The van der Waals surface area contributed by atoms with Crippen molar-refractivity contribution in [3.63, 3.8) is 0 Å². The summed E-state index contributed by atoms with van der Waals surface area (Å²) in [5.41, 5.74) is -0.381. The lowest BCUT2D eigenvalue weighted by Gasteiger charge is -2.27. The highest BCUT2D eigenvalue weighted by Crippen LogP contribution is 2.14. The lowest BCUT2D eigenvalue weighted by Crippen LogP contribution is -2.46. The van der Waals surface area contributed by atoms with E-state index >= 15 is 0 Å². The molecular weight excluding hydrogens is 190 g/mol. The molecule has 0 aromatic heterocycles. The van der Waals surface area contributed by atoms with E-state index in [1.54, 1.807) is 0 Å². The molecular formula is C8H19NO3S. The first-order chi connectivity index (χ1) is 5.89. The summed E-state index contributed by atoms with van der Waals surface area (Å²) in [4.78, 5) is 0. The molecule has 4 nitrogen and oxygen atoms in total. The second kappa shape index (κ2) is 4.93. The number of hydrogen-bond acceptors (Lipinski definition) is 3. The van der Waals surface area contributed by atoms with Gasteiger partial charge in [-0.15, -0.1) is 0 Å². The van der Waals surface area contributed by atoms with Gasteiger partial charge in [-0.2, -0.15) is 0 Å². The van der Waals surface area contributed by atoms with E-state index in [2.05, 4.69) is 4.72 Å². The molecule has 0 spiro atoms. The molecule has 0 aliphatic rings. The smallest absolute Gasteiger partial charge is 0.214 e. The minimum absolute atomic E-state index is 0.220. The highest BCUT2D eigenvalue weighted by Gasteiger charge is 2.25. The fraction of sp³-hybridized carbons (Fsp3) is 1.00. The van der Waals surface area contributed by atoms with Gasteiger partial charge in [0.1, 0.15) is 0 Å². The van der Waals surface area contributed by atoms with Crippen molar-refractivity contribution in [1.82, 2.24) is 4.72 Å². The van der Waals surface area contributed by atoms with Crippen LogP contribution >= 0.6 is 0 Å². The second-order valence-corrected chi connectivity index (χ2v) is 5.25. The number of rotatable bonds is 6. The summed E-state index contributed by atoms with van der Waals surface area (Å²) in [6.45, 7) is 5.40. The average molecular weight is 209 g/mol. The van der Waals surface area contributed by atoms with Crippen LogP contribution in [0.25, 0.3) is 0 Å². The number of sulfonamides is 1. The van der Waals surface area contributed by atoms with Gasteiger partial charge in [0.05, 0.1) is 12.4 Å². The predicted octanol–water partition coefficient (Wildman–Crippen LogP) is 0.477. The molecule has 0 amide bonds. The van der Waals surface area contributed by atoms with Crippen molar-refractivity contribution < 1.29 is 13.5 Å². The van der Waals surface area contributed by atoms with Crippen LogP contribution in [0, 0.1) is 0 Å². The lowest BCUT2D eigenvalue weighted by molar-refractivity contribution is 0.316. The average Bonchev–Trinajstić information content (AvgIpc) is 2.03. The van der Waals surface area contributed by atoms with Gasteiger partial charge >= 0.3 is 0 Å². The normalized spacial score (nSPS) is 13.2. The molecule has 0 saturated heterocycles. The molecule has 0 aromatic rings. The Morgan fingerprint density at radius 2 is 1.77 bits per heavy atom. The molecule has 0 radical (unpaired) electrons. The second-order valence-electron chi connectivity index (χ2n) is 3.41. The minimum Gasteiger partial charge on any atom is -0.395 e. The molecule has 0 aliphatic carbocycles. The first kappa shape index (κ1) is 12.9. The Morgan fingerprint density at radius 3 is 2.08 bits per heavy atom. The molecule has 80 valence electrons. The van der Waals surface area contributed by atoms with Gasteiger partial charge in [-0.25, -0.2) is 13.1 Å². The molecule has 0 fully saturated rings. The van der Waals surface area contributed by atoms with E-state index in [4.69, 9.17) is 5.11 Å². The van der Waals surface area contributed by atoms with E-state index in [0.717, 1.165) is 12.8 Å². The van der Waals surface area contributed by atoms with Crippen LogP contribution in [0.2, 0.25) is 0 Å². The summed E-state index contributed by atoms with van der Waals surface area (Å²) < 4.78 is 25.2. The van der Waals surface area contributed by atoms with Gasteiger partial charge in [0.15, 0.2) is 0 Å². The van der Waals surface area contributed by atoms with Crippen LogP contribution in [0.4, 0.5) is 0 Å². The van der Waals surface area contributed by atoms with E-state index in [-0.39, 0.29) is 17.9 Å². The van der Waals surface area contributed by atoms with Gasteiger partial charge in [-0.05, 0) is 19.8 Å². The van der Waals surface area contributed by atoms with Crippen LogP contribution in [0.3, 0.4) is 0 Å². The fourth-order valence-electron chi connectivity index (χ4n) is 0.941. The van der Waals surface area contributed by atoms with Gasteiger partial charge in [-0.1, -0.05) is 13.8 Å². The largest absolute Gasteiger partial charge is 0.395 e. The Morgan fingerprint density at radius 1 is 1.31 bits per heavy atom. The monoisotopic (exact) mass is 209 g/mol. The van der Waals surface area contributed by atoms with Crippen molar-refractivity contribution >= 4 is 10.0 Å². The predicted molar refractivity (Wildman–Crippen MR) is 53.0 cm³/mol. The topological polar surface area (TPSA) is 66.4 Å². The number of aliphatic hydroxyl groups is 1. The third-order valence-corrected chi connectivity index (χ3v) is 3.85. The third-order valence-electron chi connectivity index (χ3n) is 2.32. The first-order valence-corrected chi connectivity index (χ1v) is 6.17. The molecule has 0 saturated carbocycles. The highest BCUT2D eigenvalue weighted by molar-refractivity contribution is 7.89. The lowest BCUT2D eigenvalue weighted by atomic mass is 9.98. The zero-order valence-electron chi connectivity index (χ0n) is 8.50. The van der Waals surface area contributed by atoms with Crippen molar-refractivity contribution in [3.8, 4) is 0 Å². The van der Waals surface area contributed by atoms with Crippen LogP contribution in [0.15, 0.2) is 0 Å². The van der Waals surface area contributed by atoms with Crippen LogP contribution in [-0.4, -0.2) is 31.4 Å². The van der Waals surface area contributed by atoms with Crippen molar-refractivity contribution in [2.45, 2.75) is 39.2 Å². The van der Waals surface area contributed by atoms with Gasteiger partial charge < -0.3 is 5.11 Å². The van der Waals surface area contributed by atoms with Crippen LogP contribution in [0.1, 0.15) is 33.6 Å². The summed E-state index contributed by atoms with van der Waals surface area (Å²) in [5.74, 6) is -0.220. The Bertz CT molecular complexity index is 232. The number of aliphatic hydroxyl groups excluding tert-OH is 1. The van der Waals surface area contributed by atoms with Gasteiger partial charge in [0, 0.05) is 5.54 Å². The highest BCUT2D eigenvalue weighted by atomic mass is 32.2. The van der Waals surface area contributed by atoms with Crippen LogP contribution < -0.4 is 4.72 Å². The van der Waals surface area contributed by atoms with E-state index < -0.39 is 10.0 Å². The van der Waals surface area contributed by atoms with Gasteiger partial charge in [0.25, 0.3) is 0 Å². The molecule has 0 atom stereocenters. The van der Waals surface area contributed by atoms with E-state index in [9.17, 15) is 8.42 Å². The molecule has 0 bridgehead atoms. The molecule has 0 rings (SSSR count). The fourth-order valence-corrected chi connectivity index (χ4v) is 2.32. The molecule has 5 heteroatoms. The maximum Gasteiger partial charge on any atom is 0.214 e. The third kappa shape index (κ3) is 4.59. The van der Waals surface area contributed by atoms with E-state index in [1.807, 2.05) is 20.8 Å². The standard InChI is InChI=1S/C8H19NO3S/c1-4-8(3,5-2)9-13(11,12)7-6-10/h9-10H,4-7H2,1-3H3. The summed E-state index contributed by atoms with van der Waals surface area (Å²) >= 11 is 0. The summed E-state index contributed by atoms with van der Waals surface area (Å²) in [6.07, 6.45) is 1.49. The van der Waals surface area contributed by atoms with E-state index in [1.165, 1.54) is 0 Å². The van der Waals surface area contributed by atoms with Crippen LogP contribution in [0.5, 0.6) is 0 Å². The van der Waals surface area contributed by atoms with Crippen molar-refractivity contribution in [1.29, 1.82) is 0 Å². The quantitative estimate of drug-likeness (QED) is 0.668. The maximum atomic E-state index is 11.3. The zero-order chi connectivity index (χ0) is 10.5. The Hall–Kier alpha value is -0.130. The van der Waals surface area contributed by atoms with E-state index in [0.29, 0.717) is 0 Å². The molecule has 13 heavy (non-hydrogen) atoms. The van der Waals surface area contributed by atoms with Crippen LogP contribution in [-0.2, 0) is 10.0 Å². The molecule has 0 heterocycles. The van der Waals surface area contributed by atoms with Crippen molar-refractivity contribution in [2.24, 2.45) is 0 Å². The summed E-state index contributed by atoms with van der Waals surface area (Å²) in [5, 5.41) is 8.52. The number of hydrogen-bond donors (Lipinski definition) is 2. The Balaban J connectivity index is 4.40. The SMILES string of the molecule is CCC(C)(CC)NS(=O)(=O)CCO. The number of nitrogens with one attached hydrogen (secondary N) is 1. The minimum atomic E-state index is -3.31. The van der Waals surface area contributed by atoms with Crippen molar-refractivity contribution in [2.75, 3.05) is 12.4 Å².